The highest BCUT2D eigenvalue weighted by molar-refractivity contribution is 9.10. The summed E-state index contributed by atoms with van der Waals surface area (Å²) in [6.07, 6.45) is 3.16. The van der Waals surface area contributed by atoms with Crippen LogP contribution in [0.2, 0.25) is 0 Å². The lowest BCUT2D eigenvalue weighted by Gasteiger charge is -2.02. The van der Waals surface area contributed by atoms with Crippen LogP contribution in [-0.2, 0) is 23.1 Å². The largest absolute Gasteiger partial charge is 0.452 e. The van der Waals surface area contributed by atoms with Gasteiger partial charge in [0.2, 0.25) is 10.0 Å². The Kier molecular flexibility index (Phi) is 3.85. The normalized spacial score (nSPS) is 11.9. The maximum Gasteiger partial charge on any atom is 0.245 e. The van der Waals surface area contributed by atoms with Crippen LogP contribution in [0.4, 0.5) is 0 Å². The molecule has 4 N–H and O–H groups in total. The Bertz CT molecular complexity index is 620. The zero-order valence-electron chi connectivity index (χ0n) is 9.18. The fourth-order valence-corrected chi connectivity index (χ4v) is 3.30. The monoisotopic (exact) mass is 334 g/mol. The summed E-state index contributed by atoms with van der Waals surface area (Å²) in [4.78, 5) is 6.74. The van der Waals surface area contributed by atoms with E-state index in [1.165, 1.54) is 6.07 Å². The minimum Gasteiger partial charge on any atom is -0.452 e. The van der Waals surface area contributed by atoms with Crippen molar-refractivity contribution in [2.45, 2.75) is 18.0 Å². The second-order valence-corrected chi connectivity index (χ2v) is 5.87. The van der Waals surface area contributed by atoms with Crippen molar-refractivity contribution < 1.29 is 12.8 Å². The third kappa shape index (κ3) is 2.80. The highest BCUT2D eigenvalue weighted by atomic mass is 79.9. The minimum absolute atomic E-state index is 0.0227. The van der Waals surface area contributed by atoms with Crippen LogP contribution in [0, 0.1) is 0 Å². The van der Waals surface area contributed by atoms with Gasteiger partial charge in [-0.05, 0) is 15.9 Å². The van der Waals surface area contributed by atoms with Gasteiger partial charge in [-0.25, -0.2) is 18.1 Å². The number of furan rings is 1. The molecule has 0 radical (unpaired) electrons. The Labute approximate surface area is 112 Å². The van der Waals surface area contributed by atoms with Crippen LogP contribution in [0.3, 0.4) is 0 Å². The van der Waals surface area contributed by atoms with E-state index in [1.807, 2.05) is 0 Å². The standard InChI is InChI=1S/C9H11BrN4O3S/c10-9-7(3-6(4-11)17-9)18(15,16)14-5-8-12-1-2-13-8/h1-3,14H,4-5,11H2,(H,12,13). The summed E-state index contributed by atoms with van der Waals surface area (Å²) in [7, 11) is -3.66. The molecule has 0 bridgehead atoms. The number of nitrogens with one attached hydrogen (secondary N) is 2. The molecule has 2 aromatic heterocycles. The van der Waals surface area contributed by atoms with E-state index >= 15 is 0 Å². The van der Waals surface area contributed by atoms with E-state index in [4.69, 9.17) is 10.2 Å². The molecule has 2 aromatic rings. The number of nitrogens with two attached hydrogens (primary N) is 1. The van der Waals surface area contributed by atoms with Gasteiger partial charge in [0.25, 0.3) is 0 Å². The van der Waals surface area contributed by atoms with Gasteiger partial charge in [0, 0.05) is 18.5 Å². The van der Waals surface area contributed by atoms with E-state index in [0.29, 0.717) is 11.6 Å². The first-order valence-corrected chi connectivity index (χ1v) is 7.27. The molecule has 0 atom stereocenters. The van der Waals surface area contributed by atoms with Crippen LogP contribution in [-0.4, -0.2) is 18.4 Å². The third-order valence-corrected chi connectivity index (χ3v) is 4.44. The summed E-state index contributed by atoms with van der Waals surface area (Å²) >= 11 is 3.05. The summed E-state index contributed by atoms with van der Waals surface area (Å²) in [5.74, 6) is 0.914. The van der Waals surface area contributed by atoms with Crippen molar-refractivity contribution in [2.24, 2.45) is 5.73 Å². The Morgan fingerprint density at radius 2 is 2.33 bits per heavy atom. The first-order chi connectivity index (χ1) is 8.53. The molecule has 7 nitrogen and oxygen atoms in total. The van der Waals surface area contributed by atoms with Gasteiger partial charge in [-0.3, -0.25) is 0 Å². The molecule has 0 amide bonds. The van der Waals surface area contributed by atoms with Gasteiger partial charge in [-0.2, -0.15) is 0 Å². The summed E-state index contributed by atoms with van der Waals surface area (Å²) in [5, 5.41) is 0. The number of halogens is 1. The van der Waals surface area contributed by atoms with E-state index in [0.717, 1.165) is 0 Å². The van der Waals surface area contributed by atoms with Crippen LogP contribution in [0.25, 0.3) is 0 Å². The molecule has 18 heavy (non-hydrogen) atoms. The number of imidazole rings is 1. The van der Waals surface area contributed by atoms with Gasteiger partial charge in [-0.1, -0.05) is 0 Å². The first kappa shape index (κ1) is 13.3. The van der Waals surface area contributed by atoms with Crippen LogP contribution >= 0.6 is 15.9 Å². The zero-order chi connectivity index (χ0) is 13.2. The minimum atomic E-state index is -3.66. The predicted molar refractivity (Wildman–Crippen MR) is 66.9 cm³/mol. The van der Waals surface area contributed by atoms with Crippen molar-refractivity contribution in [3.63, 3.8) is 0 Å². The SMILES string of the molecule is NCc1cc(S(=O)(=O)NCc2ncc[nH]2)c(Br)o1. The number of nitrogens with zero attached hydrogens (tertiary/aromatic N) is 1. The molecule has 0 unspecified atom stereocenters. The topological polar surface area (TPSA) is 114 Å². The summed E-state index contributed by atoms with van der Waals surface area (Å²) in [6.45, 7) is 0.206. The van der Waals surface area contributed by atoms with Gasteiger partial charge < -0.3 is 15.1 Å². The lowest BCUT2D eigenvalue weighted by Crippen LogP contribution is -2.23. The van der Waals surface area contributed by atoms with Crippen LogP contribution < -0.4 is 10.5 Å². The maximum absolute atomic E-state index is 12.0. The molecular formula is C9H11BrN4O3S. The van der Waals surface area contributed by atoms with Gasteiger partial charge in [0.15, 0.2) is 4.67 Å². The molecule has 0 spiro atoms. The van der Waals surface area contributed by atoms with E-state index < -0.39 is 10.0 Å². The van der Waals surface area contributed by atoms with Crippen LogP contribution in [0.1, 0.15) is 11.6 Å². The fourth-order valence-electron chi connectivity index (χ4n) is 1.32. The Morgan fingerprint density at radius 1 is 1.56 bits per heavy atom. The Balaban J connectivity index is 2.17. The number of rotatable bonds is 5. The van der Waals surface area contributed by atoms with E-state index in [2.05, 4.69) is 30.6 Å². The maximum atomic E-state index is 12.0. The first-order valence-electron chi connectivity index (χ1n) is 4.99. The highest BCUT2D eigenvalue weighted by Crippen LogP contribution is 2.25. The van der Waals surface area contributed by atoms with E-state index in [9.17, 15) is 8.42 Å². The van der Waals surface area contributed by atoms with Gasteiger partial charge in [-0.15, -0.1) is 0 Å². The summed E-state index contributed by atoms with van der Waals surface area (Å²) in [5.41, 5.74) is 5.38. The molecule has 0 aliphatic heterocycles. The molecule has 9 heteroatoms. The fraction of sp³-hybridized carbons (Fsp3) is 0.222. The molecule has 0 fully saturated rings. The predicted octanol–water partition coefficient (Wildman–Crippen LogP) is 0.702. The number of H-pyrrole nitrogens is 1. The average Bonchev–Trinajstić information content (AvgIpc) is 2.95. The smallest absolute Gasteiger partial charge is 0.245 e. The lowest BCUT2D eigenvalue weighted by molar-refractivity contribution is 0.483. The number of hydrogen-bond acceptors (Lipinski definition) is 5. The Morgan fingerprint density at radius 3 is 2.89 bits per heavy atom. The van der Waals surface area contributed by atoms with Crippen molar-refractivity contribution >= 4 is 26.0 Å². The molecule has 0 saturated carbocycles. The molecule has 98 valence electrons. The lowest BCUT2D eigenvalue weighted by atomic mass is 10.5. The zero-order valence-corrected chi connectivity index (χ0v) is 11.6. The van der Waals surface area contributed by atoms with E-state index in [1.54, 1.807) is 12.4 Å². The average molecular weight is 335 g/mol. The quantitative estimate of drug-likeness (QED) is 0.744. The molecular weight excluding hydrogens is 324 g/mol. The highest BCUT2D eigenvalue weighted by Gasteiger charge is 2.22. The second-order valence-electron chi connectivity index (χ2n) is 3.42. The molecule has 0 saturated heterocycles. The molecule has 0 aliphatic rings. The van der Waals surface area contributed by atoms with Crippen molar-refractivity contribution in [1.29, 1.82) is 0 Å². The molecule has 2 heterocycles. The van der Waals surface area contributed by atoms with Crippen LogP contribution in [0.5, 0.6) is 0 Å². The molecule has 0 aliphatic carbocycles. The molecule has 0 aromatic carbocycles. The summed E-state index contributed by atoms with van der Waals surface area (Å²) < 4.78 is 31.7. The number of sulfonamides is 1. The summed E-state index contributed by atoms with van der Waals surface area (Å²) in [6, 6.07) is 1.38. The van der Waals surface area contributed by atoms with Gasteiger partial charge in [0.05, 0.1) is 13.1 Å². The van der Waals surface area contributed by atoms with Crippen molar-refractivity contribution in [3.8, 4) is 0 Å². The van der Waals surface area contributed by atoms with E-state index in [-0.39, 0.29) is 22.7 Å². The van der Waals surface area contributed by atoms with Crippen molar-refractivity contribution in [1.82, 2.24) is 14.7 Å². The van der Waals surface area contributed by atoms with Crippen LogP contribution in [0.15, 0.2) is 32.4 Å². The van der Waals surface area contributed by atoms with Gasteiger partial charge in [0.1, 0.15) is 16.5 Å². The number of aromatic nitrogens is 2. The third-order valence-electron chi connectivity index (χ3n) is 2.18. The van der Waals surface area contributed by atoms with Crippen molar-refractivity contribution in [3.05, 3.63) is 34.7 Å². The number of aromatic amines is 1. The van der Waals surface area contributed by atoms with Gasteiger partial charge >= 0.3 is 0 Å². The Hall–Kier alpha value is -1.16. The molecule has 2 rings (SSSR count). The second kappa shape index (κ2) is 5.22. The van der Waals surface area contributed by atoms with Crippen molar-refractivity contribution in [2.75, 3.05) is 0 Å². The number of hydrogen-bond donors (Lipinski definition) is 3.